The third-order valence-electron chi connectivity index (χ3n) is 5.33. The van der Waals surface area contributed by atoms with Crippen molar-refractivity contribution in [2.24, 2.45) is 5.10 Å². The van der Waals surface area contributed by atoms with E-state index in [-0.39, 0.29) is 17.2 Å². The highest BCUT2D eigenvalue weighted by Crippen LogP contribution is 2.22. The zero-order chi connectivity index (χ0) is 25.5. The molecule has 5 rings (SSSR count). The van der Waals surface area contributed by atoms with Crippen LogP contribution in [0.5, 0.6) is 11.5 Å². The van der Waals surface area contributed by atoms with Crippen LogP contribution in [-0.2, 0) is 4.79 Å². The van der Waals surface area contributed by atoms with Crippen molar-refractivity contribution < 1.29 is 9.53 Å². The van der Waals surface area contributed by atoms with Crippen molar-refractivity contribution in [1.82, 2.24) is 15.0 Å². The van der Waals surface area contributed by atoms with Gasteiger partial charge < -0.3 is 4.74 Å². The third-order valence-corrected chi connectivity index (χ3v) is 6.27. The van der Waals surface area contributed by atoms with E-state index in [4.69, 9.17) is 4.74 Å². The van der Waals surface area contributed by atoms with Gasteiger partial charge in [-0.05, 0) is 54.1 Å². The molecule has 1 N–H and O–H groups in total. The maximum Gasteiger partial charge on any atom is 0.266 e. The molecule has 5 aromatic rings. The number of rotatable bonds is 8. The molecule has 0 saturated heterocycles. The van der Waals surface area contributed by atoms with Gasteiger partial charge in [0, 0.05) is 0 Å². The molecular formula is C29H22N4O3S. The average Bonchev–Trinajstić information content (AvgIpc) is 2.93. The molecule has 1 aromatic heterocycles. The molecular weight excluding hydrogens is 484 g/mol. The fourth-order valence-corrected chi connectivity index (χ4v) is 4.44. The van der Waals surface area contributed by atoms with Crippen molar-refractivity contribution in [2.45, 2.75) is 5.16 Å². The van der Waals surface area contributed by atoms with Crippen molar-refractivity contribution >= 4 is 34.8 Å². The van der Waals surface area contributed by atoms with Crippen LogP contribution in [0.25, 0.3) is 16.6 Å². The SMILES string of the molecule is O=C(CSc1nc2ccccc2c(=O)n1-c1ccccc1)N/N=C\c1cccc(Oc2ccccc2)c1. The molecule has 0 atom stereocenters. The Morgan fingerprint density at radius 3 is 2.41 bits per heavy atom. The number of para-hydroxylation sites is 3. The van der Waals surface area contributed by atoms with E-state index in [1.165, 1.54) is 16.3 Å². The van der Waals surface area contributed by atoms with Crippen LogP contribution in [-0.4, -0.2) is 27.4 Å². The Hall–Kier alpha value is -4.69. The number of hydrogen-bond donors (Lipinski definition) is 1. The van der Waals surface area contributed by atoms with Gasteiger partial charge in [-0.1, -0.05) is 72.4 Å². The van der Waals surface area contributed by atoms with Crippen LogP contribution in [0.2, 0.25) is 0 Å². The first-order chi connectivity index (χ1) is 18.2. The number of carbonyl (C=O) groups is 1. The minimum Gasteiger partial charge on any atom is -0.457 e. The number of benzene rings is 4. The minimum atomic E-state index is -0.319. The maximum atomic E-state index is 13.2. The number of ether oxygens (including phenoxy) is 1. The highest BCUT2D eigenvalue weighted by molar-refractivity contribution is 7.99. The normalized spacial score (nSPS) is 11.0. The van der Waals surface area contributed by atoms with Crippen LogP contribution < -0.4 is 15.7 Å². The van der Waals surface area contributed by atoms with Crippen LogP contribution in [0, 0.1) is 0 Å². The Balaban J connectivity index is 1.27. The van der Waals surface area contributed by atoms with Crippen LogP contribution in [0.3, 0.4) is 0 Å². The lowest BCUT2D eigenvalue weighted by Gasteiger charge is -2.12. The third kappa shape index (κ3) is 5.94. The number of nitrogens with one attached hydrogen (secondary N) is 1. The van der Waals surface area contributed by atoms with Crippen molar-refractivity contribution in [3.63, 3.8) is 0 Å². The summed E-state index contributed by atoms with van der Waals surface area (Å²) in [5, 5.41) is 5.01. The van der Waals surface area contributed by atoms with Crippen LogP contribution in [0.15, 0.2) is 124 Å². The van der Waals surface area contributed by atoms with E-state index < -0.39 is 0 Å². The summed E-state index contributed by atoms with van der Waals surface area (Å²) < 4.78 is 7.36. The van der Waals surface area contributed by atoms with Gasteiger partial charge in [-0.25, -0.2) is 10.4 Å². The van der Waals surface area contributed by atoms with Gasteiger partial charge in [0.25, 0.3) is 11.5 Å². The summed E-state index contributed by atoms with van der Waals surface area (Å²) in [6.07, 6.45) is 1.55. The summed E-state index contributed by atoms with van der Waals surface area (Å²) in [6.45, 7) is 0. The van der Waals surface area contributed by atoms with Crippen LogP contribution in [0.4, 0.5) is 0 Å². The van der Waals surface area contributed by atoms with Gasteiger partial charge in [0.05, 0.1) is 28.6 Å². The van der Waals surface area contributed by atoms with E-state index in [1.807, 2.05) is 97.1 Å². The topological polar surface area (TPSA) is 85.6 Å². The molecule has 4 aromatic carbocycles. The van der Waals surface area contributed by atoms with Crippen molar-refractivity contribution in [3.05, 3.63) is 125 Å². The zero-order valence-corrected chi connectivity index (χ0v) is 20.5. The Bertz CT molecular complexity index is 1620. The summed E-state index contributed by atoms with van der Waals surface area (Å²) in [5.41, 5.74) is 4.39. The number of carbonyl (C=O) groups excluding carboxylic acids is 1. The quantitative estimate of drug-likeness (QED) is 0.131. The number of amides is 1. The molecule has 0 saturated carbocycles. The van der Waals surface area contributed by atoms with Gasteiger partial charge >= 0.3 is 0 Å². The van der Waals surface area contributed by atoms with Crippen molar-refractivity contribution in [3.8, 4) is 17.2 Å². The largest absolute Gasteiger partial charge is 0.457 e. The second-order valence-corrected chi connectivity index (χ2v) is 8.90. The number of aromatic nitrogens is 2. The van der Waals surface area contributed by atoms with E-state index in [0.717, 1.165) is 11.3 Å². The molecule has 0 spiro atoms. The lowest BCUT2D eigenvalue weighted by atomic mass is 10.2. The van der Waals surface area contributed by atoms with E-state index in [2.05, 4.69) is 15.5 Å². The van der Waals surface area contributed by atoms with Gasteiger partial charge in [-0.15, -0.1) is 0 Å². The molecule has 8 heteroatoms. The summed E-state index contributed by atoms with van der Waals surface area (Å²) in [4.78, 5) is 30.4. The summed E-state index contributed by atoms with van der Waals surface area (Å²) in [6, 6.07) is 33.3. The molecule has 1 heterocycles. The van der Waals surface area contributed by atoms with Crippen LogP contribution in [0.1, 0.15) is 5.56 Å². The Morgan fingerprint density at radius 1 is 0.892 bits per heavy atom. The highest BCUT2D eigenvalue weighted by Gasteiger charge is 2.14. The first kappa shape index (κ1) is 24.0. The Morgan fingerprint density at radius 2 is 1.59 bits per heavy atom. The minimum absolute atomic E-state index is 0.0338. The molecule has 7 nitrogen and oxygen atoms in total. The van der Waals surface area contributed by atoms with Crippen molar-refractivity contribution in [2.75, 3.05) is 5.75 Å². The fourth-order valence-electron chi connectivity index (χ4n) is 3.64. The molecule has 0 unspecified atom stereocenters. The smallest absolute Gasteiger partial charge is 0.266 e. The standard InChI is InChI=1S/C29H22N4O3S/c34-27(32-30-19-21-10-9-15-24(18-21)36-23-13-5-2-6-14-23)20-37-29-31-26-17-8-7-16-25(26)28(35)33(29)22-11-3-1-4-12-22/h1-19H,20H2,(H,32,34)/b30-19-. The van der Waals surface area contributed by atoms with E-state index >= 15 is 0 Å². The predicted octanol–water partition coefficient (Wildman–Crippen LogP) is 5.42. The molecule has 0 fully saturated rings. The van der Waals surface area contributed by atoms with Gasteiger partial charge in [-0.2, -0.15) is 5.10 Å². The van der Waals surface area contributed by atoms with Gasteiger partial charge in [-0.3, -0.25) is 14.2 Å². The van der Waals surface area contributed by atoms with Gasteiger partial charge in [0.2, 0.25) is 0 Å². The van der Waals surface area contributed by atoms with Crippen molar-refractivity contribution in [1.29, 1.82) is 0 Å². The summed E-state index contributed by atoms with van der Waals surface area (Å²) >= 11 is 1.17. The first-order valence-corrected chi connectivity index (χ1v) is 12.5. The number of hydrazone groups is 1. The zero-order valence-electron chi connectivity index (χ0n) is 19.7. The molecule has 0 aliphatic rings. The summed E-state index contributed by atoms with van der Waals surface area (Å²) in [7, 11) is 0. The number of hydrogen-bond acceptors (Lipinski definition) is 6. The lowest BCUT2D eigenvalue weighted by molar-refractivity contribution is -0.118. The second kappa shape index (κ2) is 11.4. The summed E-state index contributed by atoms with van der Waals surface area (Å²) in [5.74, 6) is 1.11. The molecule has 1 amide bonds. The molecule has 37 heavy (non-hydrogen) atoms. The molecule has 0 radical (unpaired) electrons. The van der Waals surface area contributed by atoms with E-state index in [9.17, 15) is 9.59 Å². The van der Waals surface area contributed by atoms with Crippen LogP contribution >= 0.6 is 11.8 Å². The second-order valence-electron chi connectivity index (χ2n) is 7.96. The lowest BCUT2D eigenvalue weighted by Crippen LogP contribution is -2.24. The van der Waals surface area contributed by atoms with E-state index in [1.54, 1.807) is 18.3 Å². The molecule has 0 bridgehead atoms. The average molecular weight is 507 g/mol. The molecule has 0 aliphatic carbocycles. The monoisotopic (exact) mass is 506 g/mol. The maximum absolute atomic E-state index is 13.2. The fraction of sp³-hybridized carbons (Fsp3) is 0.0345. The number of fused-ring (bicyclic) bond motifs is 1. The molecule has 0 aliphatic heterocycles. The van der Waals surface area contributed by atoms with Gasteiger partial charge in [0.1, 0.15) is 11.5 Å². The Labute approximate surface area is 217 Å². The Kier molecular flexibility index (Phi) is 7.38. The van der Waals surface area contributed by atoms with Gasteiger partial charge in [0.15, 0.2) is 5.16 Å². The highest BCUT2D eigenvalue weighted by atomic mass is 32.2. The number of nitrogens with zero attached hydrogens (tertiary/aromatic N) is 3. The van der Waals surface area contributed by atoms with E-state index in [0.29, 0.717) is 27.5 Å². The number of thioether (sulfide) groups is 1. The molecule has 182 valence electrons. The predicted molar refractivity (Wildman–Crippen MR) is 147 cm³/mol. The first-order valence-electron chi connectivity index (χ1n) is 11.5.